The van der Waals surface area contributed by atoms with Crippen LogP contribution in [0.25, 0.3) is 0 Å². The molecule has 1 aromatic rings. The molecule has 0 aromatic heterocycles. The number of fused-ring (bicyclic) bond motifs is 1. The number of nitrogens with zero attached hydrogens (tertiary/aromatic N) is 2. The van der Waals surface area contributed by atoms with Gasteiger partial charge in [-0.1, -0.05) is 0 Å². The fourth-order valence-corrected chi connectivity index (χ4v) is 4.12. The molecule has 1 saturated heterocycles. The van der Waals surface area contributed by atoms with Crippen LogP contribution in [-0.2, 0) is 13.9 Å². The second-order valence-electron chi connectivity index (χ2n) is 6.72. The van der Waals surface area contributed by atoms with Gasteiger partial charge in [-0.15, -0.1) is 0 Å². The molecule has 2 heterocycles. The summed E-state index contributed by atoms with van der Waals surface area (Å²) >= 11 is 0. The molecule has 8 nitrogen and oxygen atoms in total. The lowest BCUT2D eigenvalue weighted by Gasteiger charge is -2.47. The first-order valence-electron chi connectivity index (χ1n) is 7.89. The lowest BCUT2D eigenvalue weighted by atomic mass is 9.85. The standard InChI is InChI=1S/C16H19N2O6P.CH3/c1-16(2)15(24-25(20,21)22)14(18-7-3-4-13(18)19)11-8-10(9-17)5-6-12(11)23-16;/h5-6,8,14-15H,3-4,7H2,1-2H3,(H2,20,21,22);1H3/q;+1. The Kier molecular flexibility index (Phi) is 5.41. The SMILES string of the molecule is CC1(C)Oc2ccc(C#N)cc2C(N2CCCC2=O)C1OP(=O)(O)O.[CH3+]. The molecule has 1 fully saturated rings. The number of phosphoric acid groups is 1. The average molecular weight is 381 g/mol. The highest BCUT2D eigenvalue weighted by Crippen LogP contribution is 2.51. The highest BCUT2D eigenvalue weighted by atomic mass is 31.2. The Morgan fingerprint density at radius 1 is 1.42 bits per heavy atom. The number of carbonyl (C=O) groups is 1. The van der Waals surface area contributed by atoms with Crippen molar-refractivity contribution in [2.75, 3.05) is 6.54 Å². The van der Waals surface area contributed by atoms with E-state index >= 15 is 0 Å². The number of hydrogen-bond acceptors (Lipinski definition) is 5. The summed E-state index contributed by atoms with van der Waals surface area (Å²) in [4.78, 5) is 32.6. The molecule has 0 radical (unpaired) electrons. The number of carbonyl (C=O) groups excluding carboxylic acids is 1. The Bertz CT molecular complexity index is 797. The highest BCUT2D eigenvalue weighted by Gasteiger charge is 2.51. The predicted octanol–water partition coefficient (Wildman–Crippen LogP) is 2.32. The van der Waals surface area contributed by atoms with Crippen molar-refractivity contribution in [3.63, 3.8) is 0 Å². The van der Waals surface area contributed by atoms with Crippen molar-refractivity contribution in [1.29, 1.82) is 5.26 Å². The molecule has 3 rings (SSSR count). The van der Waals surface area contributed by atoms with Crippen LogP contribution in [-0.4, -0.2) is 38.8 Å². The highest BCUT2D eigenvalue weighted by molar-refractivity contribution is 7.46. The number of hydrogen-bond donors (Lipinski definition) is 2. The van der Waals surface area contributed by atoms with Gasteiger partial charge in [-0.25, -0.2) is 4.57 Å². The van der Waals surface area contributed by atoms with Crippen LogP contribution in [0.2, 0.25) is 0 Å². The minimum absolute atomic E-state index is 0. The summed E-state index contributed by atoms with van der Waals surface area (Å²) < 4.78 is 22.5. The average Bonchev–Trinajstić information content (AvgIpc) is 2.92. The molecule has 1 amide bonds. The Hall–Kier alpha value is -2.04. The molecule has 0 saturated carbocycles. The molecule has 1 aromatic carbocycles. The maximum Gasteiger partial charge on any atom is 0.470 e. The monoisotopic (exact) mass is 381 g/mol. The molecule has 2 atom stereocenters. The van der Waals surface area contributed by atoms with Crippen molar-refractivity contribution >= 4 is 13.7 Å². The van der Waals surface area contributed by atoms with Gasteiger partial charge in [-0.3, -0.25) is 9.32 Å². The molecular weight excluding hydrogens is 359 g/mol. The van der Waals surface area contributed by atoms with Gasteiger partial charge >= 0.3 is 7.82 Å². The summed E-state index contributed by atoms with van der Waals surface area (Å²) in [5.74, 6) is 0.356. The number of amides is 1. The van der Waals surface area contributed by atoms with Crippen LogP contribution in [0.5, 0.6) is 5.75 Å². The summed E-state index contributed by atoms with van der Waals surface area (Å²) in [7, 11) is -4.83. The zero-order valence-electron chi connectivity index (χ0n) is 14.9. The van der Waals surface area contributed by atoms with Gasteiger partial charge in [0.05, 0.1) is 17.7 Å². The quantitative estimate of drug-likeness (QED) is 0.609. The molecule has 2 aliphatic heterocycles. The van der Waals surface area contributed by atoms with E-state index < -0.39 is 25.6 Å². The van der Waals surface area contributed by atoms with Crippen molar-refractivity contribution in [3.05, 3.63) is 36.8 Å². The fourth-order valence-electron chi connectivity index (χ4n) is 3.45. The Morgan fingerprint density at radius 2 is 2.12 bits per heavy atom. The molecule has 2 N–H and O–H groups in total. The van der Waals surface area contributed by atoms with Gasteiger partial charge in [0.25, 0.3) is 0 Å². The summed E-state index contributed by atoms with van der Waals surface area (Å²) in [6.07, 6.45) is -0.0583. The van der Waals surface area contributed by atoms with Gasteiger partial charge in [0.1, 0.15) is 17.5 Å². The van der Waals surface area contributed by atoms with Crippen LogP contribution < -0.4 is 4.74 Å². The topological polar surface area (TPSA) is 120 Å². The minimum atomic E-state index is -4.83. The summed E-state index contributed by atoms with van der Waals surface area (Å²) in [5, 5.41) is 9.17. The molecule has 2 aliphatic rings. The maximum atomic E-state index is 12.3. The first-order chi connectivity index (χ1) is 11.6. The van der Waals surface area contributed by atoms with Crippen molar-refractivity contribution in [2.24, 2.45) is 0 Å². The van der Waals surface area contributed by atoms with Crippen LogP contribution in [0.15, 0.2) is 18.2 Å². The van der Waals surface area contributed by atoms with E-state index in [0.717, 1.165) is 0 Å². The largest absolute Gasteiger partial charge is 0.485 e. The Balaban J connectivity index is 0.00000243. The molecule has 140 valence electrons. The molecule has 0 spiro atoms. The lowest BCUT2D eigenvalue weighted by Crippen LogP contribution is -2.54. The van der Waals surface area contributed by atoms with E-state index in [4.69, 9.17) is 9.26 Å². The molecule has 9 heteroatoms. The Labute approximate surface area is 152 Å². The molecule has 2 unspecified atom stereocenters. The van der Waals surface area contributed by atoms with Gasteiger partial charge in [0.15, 0.2) is 0 Å². The van der Waals surface area contributed by atoms with Crippen LogP contribution in [0.4, 0.5) is 0 Å². The van der Waals surface area contributed by atoms with E-state index in [0.29, 0.717) is 36.3 Å². The number of rotatable bonds is 3. The fraction of sp³-hybridized carbons (Fsp3) is 0.471. The van der Waals surface area contributed by atoms with Gasteiger partial charge in [0.2, 0.25) is 5.91 Å². The van der Waals surface area contributed by atoms with E-state index in [1.165, 1.54) is 0 Å². The number of likely N-dealkylation sites (tertiary alicyclic amines) is 1. The molecule has 26 heavy (non-hydrogen) atoms. The van der Waals surface area contributed by atoms with Crippen molar-refractivity contribution in [3.8, 4) is 11.8 Å². The summed E-state index contributed by atoms with van der Waals surface area (Å²) in [5.41, 5.74) is -0.198. The smallest absolute Gasteiger partial charge is 0.470 e. The Morgan fingerprint density at radius 3 is 2.65 bits per heavy atom. The molecular formula is C17H22N2O6P+. The van der Waals surface area contributed by atoms with Gasteiger partial charge in [0, 0.05) is 26.0 Å². The third-order valence-corrected chi connectivity index (χ3v) is 5.00. The van der Waals surface area contributed by atoms with E-state index in [2.05, 4.69) is 0 Å². The van der Waals surface area contributed by atoms with Crippen LogP contribution in [0, 0.1) is 18.8 Å². The first-order valence-corrected chi connectivity index (χ1v) is 9.42. The van der Waals surface area contributed by atoms with Crippen molar-refractivity contribution in [2.45, 2.75) is 44.4 Å². The zero-order valence-corrected chi connectivity index (χ0v) is 15.8. The summed E-state index contributed by atoms with van der Waals surface area (Å²) in [6, 6.07) is 6.10. The van der Waals surface area contributed by atoms with E-state index in [1.54, 1.807) is 36.9 Å². The van der Waals surface area contributed by atoms with E-state index in [9.17, 15) is 24.4 Å². The zero-order chi connectivity index (χ0) is 18.4. The number of nitriles is 1. The maximum absolute atomic E-state index is 12.3. The molecule has 0 aliphatic carbocycles. The van der Waals surface area contributed by atoms with Gasteiger partial charge in [-0.05, 0) is 38.5 Å². The van der Waals surface area contributed by atoms with Crippen LogP contribution >= 0.6 is 7.82 Å². The van der Waals surface area contributed by atoms with Gasteiger partial charge < -0.3 is 19.4 Å². The normalized spacial score (nSPS) is 24.3. The lowest BCUT2D eigenvalue weighted by molar-refractivity contribution is -0.138. The van der Waals surface area contributed by atoms with Crippen LogP contribution in [0.1, 0.15) is 43.9 Å². The predicted molar refractivity (Wildman–Crippen MR) is 92.9 cm³/mol. The van der Waals surface area contributed by atoms with Crippen LogP contribution in [0.3, 0.4) is 0 Å². The third-order valence-electron chi connectivity index (χ3n) is 4.50. The molecule has 0 bridgehead atoms. The van der Waals surface area contributed by atoms with Gasteiger partial charge in [-0.2, -0.15) is 5.26 Å². The second-order valence-corrected chi connectivity index (χ2v) is 7.91. The van der Waals surface area contributed by atoms with Crippen molar-refractivity contribution < 1.29 is 28.4 Å². The minimum Gasteiger partial charge on any atom is -0.485 e. The van der Waals surface area contributed by atoms with E-state index in [-0.39, 0.29) is 13.3 Å². The van der Waals surface area contributed by atoms with Crippen molar-refractivity contribution in [1.82, 2.24) is 4.90 Å². The first kappa shape index (κ1) is 20.3. The number of phosphoric ester groups is 1. The number of ether oxygens (including phenoxy) is 1. The number of benzene rings is 1. The third kappa shape index (κ3) is 3.71. The second kappa shape index (κ2) is 6.93. The summed E-state index contributed by atoms with van der Waals surface area (Å²) in [6.45, 7) is 3.76. The van der Waals surface area contributed by atoms with E-state index in [1.807, 2.05) is 6.07 Å².